The molecule has 1 aromatic heterocycles. The van der Waals surface area contributed by atoms with Crippen molar-refractivity contribution in [3.8, 4) is 23.0 Å². The van der Waals surface area contributed by atoms with Crippen LogP contribution in [0.3, 0.4) is 0 Å². The fourth-order valence-electron chi connectivity index (χ4n) is 2.87. The van der Waals surface area contributed by atoms with Crippen molar-refractivity contribution >= 4 is 28.0 Å². The Bertz CT molecular complexity index is 1100. The van der Waals surface area contributed by atoms with E-state index in [2.05, 4.69) is 0 Å². The first kappa shape index (κ1) is 14.4. The lowest BCUT2D eigenvalue weighted by Crippen LogP contribution is -2.27. The molecular weight excluding hydrogens is 312 g/mol. The second-order valence-electron chi connectivity index (χ2n) is 6.30. The minimum absolute atomic E-state index is 0.0904. The molecule has 0 fully saturated rings. The summed E-state index contributed by atoms with van der Waals surface area (Å²) in [4.78, 5) is 12.7. The van der Waals surface area contributed by atoms with Crippen LogP contribution in [0.15, 0.2) is 33.5 Å². The molecule has 6 heteroatoms. The van der Waals surface area contributed by atoms with Gasteiger partial charge in [-0.15, -0.1) is 0 Å². The van der Waals surface area contributed by atoms with Crippen molar-refractivity contribution in [3.05, 3.63) is 40.1 Å². The Morgan fingerprint density at radius 1 is 1.04 bits per heavy atom. The van der Waals surface area contributed by atoms with Gasteiger partial charge in [-0.3, -0.25) is 4.79 Å². The smallest absolute Gasteiger partial charge is 0.204 e. The molecule has 3 N–H and O–H groups in total. The zero-order valence-corrected chi connectivity index (χ0v) is 13.0. The summed E-state index contributed by atoms with van der Waals surface area (Å²) in [6.45, 7) is 3.66. The first-order chi connectivity index (χ1) is 11.3. The van der Waals surface area contributed by atoms with Crippen molar-refractivity contribution in [2.75, 3.05) is 0 Å². The van der Waals surface area contributed by atoms with E-state index in [1.807, 2.05) is 19.9 Å². The highest BCUT2D eigenvalue weighted by atomic mass is 16.5. The number of rotatable bonds is 0. The molecular formula is C18H14O6. The SMILES string of the molecule is CC1(C)C=Cc2cc3c(=O)c4c(O)ccc(O)c4oc3c(O)c2O1. The summed E-state index contributed by atoms with van der Waals surface area (Å²) in [7, 11) is 0. The Balaban J connectivity index is 2.19. The summed E-state index contributed by atoms with van der Waals surface area (Å²) in [6, 6.07) is 3.96. The van der Waals surface area contributed by atoms with Gasteiger partial charge in [-0.05, 0) is 38.1 Å². The molecule has 1 aliphatic heterocycles. The van der Waals surface area contributed by atoms with Gasteiger partial charge in [0.1, 0.15) is 16.7 Å². The van der Waals surface area contributed by atoms with Gasteiger partial charge in [-0.1, -0.05) is 6.08 Å². The topological polar surface area (TPSA) is 100 Å². The van der Waals surface area contributed by atoms with Crippen molar-refractivity contribution in [2.24, 2.45) is 0 Å². The maximum absolute atomic E-state index is 12.7. The van der Waals surface area contributed by atoms with Gasteiger partial charge >= 0.3 is 0 Å². The second-order valence-corrected chi connectivity index (χ2v) is 6.30. The number of aromatic hydroxyl groups is 3. The molecule has 24 heavy (non-hydrogen) atoms. The average Bonchev–Trinajstić information content (AvgIpc) is 2.52. The van der Waals surface area contributed by atoms with Crippen molar-refractivity contribution in [2.45, 2.75) is 19.4 Å². The lowest BCUT2D eigenvalue weighted by molar-refractivity contribution is 0.153. The minimum atomic E-state index is -0.615. The molecule has 2 heterocycles. The van der Waals surface area contributed by atoms with E-state index in [0.29, 0.717) is 5.56 Å². The van der Waals surface area contributed by atoms with Crippen molar-refractivity contribution in [1.82, 2.24) is 0 Å². The van der Waals surface area contributed by atoms with Gasteiger partial charge in [0.15, 0.2) is 22.7 Å². The number of hydrogen-bond acceptors (Lipinski definition) is 6. The fourth-order valence-corrected chi connectivity index (χ4v) is 2.87. The van der Waals surface area contributed by atoms with Gasteiger partial charge in [-0.25, -0.2) is 0 Å². The van der Waals surface area contributed by atoms with Crippen LogP contribution >= 0.6 is 0 Å². The van der Waals surface area contributed by atoms with Gasteiger partial charge in [-0.2, -0.15) is 0 Å². The highest BCUT2D eigenvalue weighted by Crippen LogP contribution is 2.44. The minimum Gasteiger partial charge on any atom is -0.507 e. The Morgan fingerprint density at radius 3 is 2.50 bits per heavy atom. The number of phenols is 3. The predicted molar refractivity (Wildman–Crippen MR) is 88.7 cm³/mol. The number of ether oxygens (including phenoxy) is 1. The molecule has 0 atom stereocenters. The second kappa shape index (κ2) is 4.44. The normalized spacial score (nSPS) is 15.4. The molecule has 6 nitrogen and oxygen atoms in total. The van der Waals surface area contributed by atoms with E-state index >= 15 is 0 Å². The largest absolute Gasteiger partial charge is 0.507 e. The summed E-state index contributed by atoms with van der Waals surface area (Å²) in [6.07, 6.45) is 3.57. The van der Waals surface area contributed by atoms with Crippen LogP contribution in [0, 0.1) is 0 Å². The third kappa shape index (κ3) is 1.86. The number of hydrogen-bond donors (Lipinski definition) is 3. The molecule has 2 aromatic carbocycles. The molecule has 0 radical (unpaired) electrons. The maximum atomic E-state index is 12.7. The summed E-state index contributed by atoms with van der Waals surface area (Å²) in [5.74, 6) is -0.720. The molecule has 0 unspecified atom stereocenters. The van der Waals surface area contributed by atoms with E-state index in [0.717, 1.165) is 0 Å². The molecule has 0 bridgehead atoms. The molecule has 0 aliphatic carbocycles. The zero-order chi connectivity index (χ0) is 17.2. The molecule has 0 saturated carbocycles. The lowest BCUT2D eigenvalue weighted by Gasteiger charge is -2.28. The Labute approximate surface area is 135 Å². The van der Waals surface area contributed by atoms with E-state index in [-0.39, 0.29) is 44.9 Å². The summed E-state index contributed by atoms with van der Waals surface area (Å²) < 4.78 is 11.3. The van der Waals surface area contributed by atoms with Crippen LogP contribution in [0.1, 0.15) is 19.4 Å². The Morgan fingerprint density at radius 2 is 1.75 bits per heavy atom. The summed E-state index contributed by atoms with van der Waals surface area (Å²) >= 11 is 0. The summed E-state index contributed by atoms with van der Waals surface area (Å²) in [5.41, 5.74) is -0.913. The van der Waals surface area contributed by atoms with Gasteiger partial charge < -0.3 is 24.5 Å². The van der Waals surface area contributed by atoms with Crippen LogP contribution in [0.2, 0.25) is 0 Å². The van der Waals surface area contributed by atoms with Gasteiger partial charge in [0.05, 0.1) is 5.39 Å². The molecule has 0 saturated heterocycles. The van der Waals surface area contributed by atoms with Crippen LogP contribution in [0.4, 0.5) is 0 Å². The van der Waals surface area contributed by atoms with E-state index in [1.165, 1.54) is 18.2 Å². The fraction of sp³-hybridized carbons (Fsp3) is 0.167. The van der Waals surface area contributed by atoms with Crippen molar-refractivity contribution in [1.29, 1.82) is 0 Å². The van der Waals surface area contributed by atoms with Crippen LogP contribution in [0.5, 0.6) is 23.0 Å². The Kier molecular flexibility index (Phi) is 2.67. The monoisotopic (exact) mass is 326 g/mol. The van der Waals surface area contributed by atoms with Crippen LogP contribution in [-0.2, 0) is 0 Å². The van der Waals surface area contributed by atoms with Crippen molar-refractivity contribution < 1.29 is 24.5 Å². The first-order valence-electron chi connectivity index (χ1n) is 7.34. The predicted octanol–water partition coefficient (Wildman–Crippen LogP) is 3.25. The standard InChI is InChI=1S/C18H14O6/c1-18(2)6-5-8-7-9-13(21)12-10(19)3-4-11(20)17(12)23-16(9)14(22)15(8)24-18/h3-7,19-20,22H,1-2H3. The highest BCUT2D eigenvalue weighted by molar-refractivity contribution is 5.99. The van der Waals surface area contributed by atoms with E-state index in [1.54, 1.807) is 6.08 Å². The quantitative estimate of drug-likeness (QED) is 0.433. The van der Waals surface area contributed by atoms with Gasteiger partial charge in [0.25, 0.3) is 0 Å². The van der Waals surface area contributed by atoms with Gasteiger partial charge in [0, 0.05) is 5.56 Å². The highest BCUT2D eigenvalue weighted by Gasteiger charge is 2.28. The number of benzene rings is 2. The average molecular weight is 326 g/mol. The van der Waals surface area contributed by atoms with Crippen LogP contribution in [0.25, 0.3) is 28.0 Å². The molecule has 1 aliphatic rings. The molecule has 0 amide bonds. The third-order valence-corrected chi connectivity index (χ3v) is 4.06. The van der Waals surface area contributed by atoms with E-state index in [9.17, 15) is 20.1 Å². The summed E-state index contributed by atoms with van der Waals surface area (Å²) in [5, 5.41) is 30.4. The zero-order valence-electron chi connectivity index (χ0n) is 13.0. The number of phenolic OH excluding ortho intramolecular Hbond substituents is 3. The first-order valence-corrected chi connectivity index (χ1v) is 7.34. The lowest BCUT2D eigenvalue weighted by atomic mass is 9.99. The number of fused-ring (bicyclic) bond motifs is 3. The van der Waals surface area contributed by atoms with Crippen LogP contribution in [-0.4, -0.2) is 20.9 Å². The molecule has 122 valence electrons. The van der Waals surface area contributed by atoms with E-state index in [4.69, 9.17) is 9.15 Å². The van der Waals surface area contributed by atoms with Crippen molar-refractivity contribution in [3.63, 3.8) is 0 Å². The Hall–Kier alpha value is -3.15. The molecule has 4 rings (SSSR count). The van der Waals surface area contributed by atoms with E-state index < -0.39 is 11.0 Å². The van der Waals surface area contributed by atoms with Gasteiger partial charge in [0.2, 0.25) is 11.2 Å². The third-order valence-electron chi connectivity index (χ3n) is 4.06. The van der Waals surface area contributed by atoms with Crippen LogP contribution < -0.4 is 10.2 Å². The molecule has 0 spiro atoms. The molecule has 3 aromatic rings. The maximum Gasteiger partial charge on any atom is 0.204 e.